The Hall–Kier alpha value is -2.21. The SMILES string of the molecule is Cc1noc(-c2ccc(C(=O)N3CCO[C@H]4CCCC[C@H]43)cc2)n1. The maximum atomic E-state index is 12.9. The van der Waals surface area contributed by atoms with Gasteiger partial charge in [-0.2, -0.15) is 4.98 Å². The van der Waals surface area contributed by atoms with Gasteiger partial charge in [0.05, 0.1) is 18.8 Å². The Kier molecular flexibility index (Phi) is 4.06. The summed E-state index contributed by atoms with van der Waals surface area (Å²) < 4.78 is 11.0. The normalized spacial score (nSPS) is 23.8. The Morgan fingerprint density at radius 3 is 2.75 bits per heavy atom. The Morgan fingerprint density at radius 2 is 2.00 bits per heavy atom. The van der Waals surface area contributed by atoms with Crippen molar-refractivity contribution in [2.45, 2.75) is 44.8 Å². The largest absolute Gasteiger partial charge is 0.374 e. The van der Waals surface area contributed by atoms with Crippen LogP contribution >= 0.6 is 0 Å². The van der Waals surface area contributed by atoms with Crippen molar-refractivity contribution in [3.63, 3.8) is 0 Å². The summed E-state index contributed by atoms with van der Waals surface area (Å²) in [4.78, 5) is 19.1. The summed E-state index contributed by atoms with van der Waals surface area (Å²) in [7, 11) is 0. The standard InChI is InChI=1S/C18H21N3O3/c1-12-19-17(24-20-12)13-6-8-14(9-7-13)18(22)21-10-11-23-16-5-3-2-4-15(16)21/h6-9,15-16H,2-5,10-11H2,1H3/t15-,16+/m1/s1. The molecule has 1 saturated heterocycles. The Bertz CT molecular complexity index is 723. The number of hydrogen-bond acceptors (Lipinski definition) is 5. The minimum atomic E-state index is 0.0865. The van der Waals surface area contributed by atoms with E-state index in [2.05, 4.69) is 10.1 Å². The maximum Gasteiger partial charge on any atom is 0.257 e. The number of ether oxygens (including phenoxy) is 1. The predicted octanol–water partition coefficient (Wildman–Crippen LogP) is 2.83. The summed E-state index contributed by atoms with van der Waals surface area (Å²) in [5.74, 6) is 1.16. The van der Waals surface area contributed by atoms with Crippen LogP contribution in [0.15, 0.2) is 28.8 Å². The zero-order chi connectivity index (χ0) is 16.5. The number of aryl methyl sites for hydroxylation is 1. The van der Waals surface area contributed by atoms with Crippen LogP contribution in [0, 0.1) is 6.92 Å². The summed E-state index contributed by atoms with van der Waals surface area (Å²) in [6.45, 7) is 3.08. The third-order valence-electron chi connectivity index (χ3n) is 4.90. The lowest BCUT2D eigenvalue weighted by molar-refractivity contribution is -0.0752. The first-order chi connectivity index (χ1) is 11.7. The molecule has 1 aromatic heterocycles. The smallest absolute Gasteiger partial charge is 0.257 e. The Labute approximate surface area is 140 Å². The van der Waals surface area contributed by atoms with E-state index >= 15 is 0 Å². The number of rotatable bonds is 2. The third-order valence-corrected chi connectivity index (χ3v) is 4.90. The van der Waals surface area contributed by atoms with Gasteiger partial charge in [-0.25, -0.2) is 0 Å². The number of hydrogen-bond donors (Lipinski definition) is 0. The highest BCUT2D eigenvalue weighted by Gasteiger charge is 2.36. The fourth-order valence-electron chi connectivity index (χ4n) is 3.68. The highest BCUT2D eigenvalue weighted by Crippen LogP contribution is 2.29. The lowest BCUT2D eigenvalue weighted by atomic mass is 9.89. The molecular weight excluding hydrogens is 306 g/mol. The monoisotopic (exact) mass is 327 g/mol. The fraction of sp³-hybridized carbons (Fsp3) is 0.500. The van der Waals surface area contributed by atoms with Crippen molar-refractivity contribution in [2.75, 3.05) is 13.2 Å². The van der Waals surface area contributed by atoms with Gasteiger partial charge in [0.25, 0.3) is 11.8 Å². The molecule has 2 heterocycles. The summed E-state index contributed by atoms with van der Waals surface area (Å²) in [5, 5.41) is 3.79. The van der Waals surface area contributed by atoms with Crippen molar-refractivity contribution in [3.05, 3.63) is 35.7 Å². The minimum Gasteiger partial charge on any atom is -0.374 e. The maximum absolute atomic E-state index is 12.9. The zero-order valence-electron chi connectivity index (χ0n) is 13.8. The Morgan fingerprint density at radius 1 is 1.21 bits per heavy atom. The summed E-state index contributed by atoms with van der Waals surface area (Å²) in [6.07, 6.45) is 4.67. The van der Waals surface area contributed by atoms with Crippen molar-refractivity contribution in [3.8, 4) is 11.5 Å². The first-order valence-electron chi connectivity index (χ1n) is 8.56. The molecule has 0 radical (unpaired) electrons. The lowest BCUT2D eigenvalue weighted by Gasteiger charge is -2.43. The van der Waals surface area contributed by atoms with Crippen LogP contribution in [0.2, 0.25) is 0 Å². The summed E-state index contributed by atoms with van der Waals surface area (Å²) in [6, 6.07) is 7.62. The molecule has 1 amide bonds. The van der Waals surface area contributed by atoms with Crippen LogP contribution in [-0.2, 0) is 4.74 Å². The highest BCUT2D eigenvalue weighted by atomic mass is 16.5. The molecule has 1 aromatic carbocycles. The number of fused-ring (bicyclic) bond motifs is 1. The van der Waals surface area contributed by atoms with Gasteiger partial charge in [-0.15, -0.1) is 0 Å². The van der Waals surface area contributed by atoms with Gasteiger partial charge in [0.15, 0.2) is 5.82 Å². The van der Waals surface area contributed by atoms with E-state index in [0.29, 0.717) is 30.4 Å². The van der Waals surface area contributed by atoms with Gasteiger partial charge in [0.2, 0.25) is 0 Å². The van der Waals surface area contributed by atoms with Gasteiger partial charge in [0.1, 0.15) is 0 Å². The molecule has 0 bridgehead atoms. The van der Waals surface area contributed by atoms with Gasteiger partial charge < -0.3 is 14.2 Å². The molecule has 1 saturated carbocycles. The number of carbonyl (C=O) groups excluding carboxylic acids is 1. The van der Waals surface area contributed by atoms with Crippen LogP contribution in [0.1, 0.15) is 41.9 Å². The second-order valence-corrected chi connectivity index (χ2v) is 6.48. The van der Waals surface area contributed by atoms with E-state index in [0.717, 1.165) is 18.4 Å². The van der Waals surface area contributed by atoms with Crippen molar-refractivity contribution in [1.29, 1.82) is 0 Å². The molecule has 4 rings (SSSR count). The molecule has 2 aliphatic rings. The highest BCUT2D eigenvalue weighted by molar-refractivity contribution is 5.95. The van der Waals surface area contributed by atoms with Crippen LogP contribution in [0.25, 0.3) is 11.5 Å². The van der Waals surface area contributed by atoms with Gasteiger partial charge in [0, 0.05) is 17.7 Å². The second-order valence-electron chi connectivity index (χ2n) is 6.48. The number of nitrogens with zero attached hydrogens (tertiary/aromatic N) is 3. The molecule has 6 nitrogen and oxygen atoms in total. The van der Waals surface area contributed by atoms with E-state index in [1.165, 1.54) is 12.8 Å². The molecule has 2 fully saturated rings. The zero-order valence-corrected chi connectivity index (χ0v) is 13.8. The van der Waals surface area contributed by atoms with Crippen molar-refractivity contribution in [1.82, 2.24) is 15.0 Å². The predicted molar refractivity (Wildman–Crippen MR) is 87.5 cm³/mol. The molecule has 6 heteroatoms. The number of amides is 1. The van der Waals surface area contributed by atoms with Crippen molar-refractivity contribution >= 4 is 5.91 Å². The van der Waals surface area contributed by atoms with Crippen molar-refractivity contribution < 1.29 is 14.1 Å². The van der Waals surface area contributed by atoms with Crippen LogP contribution in [-0.4, -0.2) is 46.2 Å². The van der Waals surface area contributed by atoms with Crippen LogP contribution in [0.5, 0.6) is 0 Å². The molecule has 1 aliphatic carbocycles. The average Bonchev–Trinajstić information content (AvgIpc) is 3.07. The minimum absolute atomic E-state index is 0.0865. The molecule has 0 spiro atoms. The molecule has 0 unspecified atom stereocenters. The van der Waals surface area contributed by atoms with E-state index in [9.17, 15) is 4.79 Å². The van der Waals surface area contributed by atoms with E-state index in [1.54, 1.807) is 6.92 Å². The Balaban J connectivity index is 1.53. The first kappa shape index (κ1) is 15.3. The van der Waals surface area contributed by atoms with Crippen LogP contribution in [0.3, 0.4) is 0 Å². The van der Waals surface area contributed by atoms with E-state index in [1.807, 2.05) is 29.2 Å². The van der Waals surface area contributed by atoms with Gasteiger partial charge in [-0.05, 0) is 44.0 Å². The molecule has 24 heavy (non-hydrogen) atoms. The molecular formula is C18H21N3O3. The summed E-state index contributed by atoms with van der Waals surface area (Å²) >= 11 is 0. The van der Waals surface area contributed by atoms with Crippen molar-refractivity contribution in [2.24, 2.45) is 0 Å². The summed E-state index contributed by atoms with van der Waals surface area (Å²) in [5.41, 5.74) is 1.52. The lowest BCUT2D eigenvalue weighted by Crippen LogP contribution is -2.54. The van der Waals surface area contributed by atoms with Crippen LogP contribution in [0.4, 0.5) is 0 Å². The molecule has 2 atom stereocenters. The van der Waals surface area contributed by atoms with E-state index < -0.39 is 0 Å². The van der Waals surface area contributed by atoms with E-state index in [-0.39, 0.29) is 18.1 Å². The quantitative estimate of drug-likeness (QED) is 0.848. The molecule has 0 N–H and O–H groups in total. The van der Waals surface area contributed by atoms with Gasteiger partial charge in [-0.1, -0.05) is 18.0 Å². The van der Waals surface area contributed by atoms with Gasteiger partial charge in [-0.3, -0.25) is 4.79 Å². The first-order valence-corrected chi connectivity index (χ1v) is 8.56. The third kappa shape index (κ3) is 2.82. The fourth-order valence-corrected chi connectivity index (χ4v) is 3.68. The van der Waals surface area contributed by atoms with Crippen LogP contribution < -0.4 is 0 Å². The number of morpholine rings is 1. The molecule has 126 valence electrons. The topological polar surface area (TPSA) is 68.5 Å². The number of carbonyl (C=O) groups is 1. The van der Waals surface area contributed by atoms with E-state index in [4.69, 9.17) is 9.26 Å². The second kappa shape index (κ2) is 6.36. The number of benzene rings is 1. The average molecular weight is 327 g/mol. The molecule has 1 aliphatic heterocycles. The molecule has 2 aromatic rings. The van der Waals surface area contributed by atoms with Gasteiger partial charge >= 0.3 is 0 Å². The number of aromatic nitrogens is 2.